The molecule has 2 rings (SSSR count). The Morgan fingerprint density at radius 2 is 1.75 bits per heavy atom. The van der Waals surface area contributed by atoms with Gasteiger partial charge in [0.1, 0.15) is 0 Å². The summed E-state index contributed by atoms with van der Waals surface area (Å²) in [6.07, 6.45) is 4.53. The van der Waals surface area contributed by atoms with Crippen LogP contribution < -0.4 is 0 Å². The summed E-state index contributed by atoms with van der Waals surface area (Å²) in [5.41, 5.74) is 0.265. The Kier molecular flexibility index (Phi) is 5.47. The molecule has 108 valence electrons. The fourth-order valence-electron chi connectivity index (χ4n) is 2.32. The molecule has 4 nitrogen and oxygen atoms in total. The molecule has 5 heteroatoms. The van der Waals surface area contributed by atoms with Gasteiger partial charge in [-0.25, -0.2) is 4.79 Å². The molecule has 1 aromatic carbocycles. The standard InChI is InChI=1S/C15H19NO3S/c17-14(16-9-5-1-2-6-10-16)11-20-13-8-4-3-7-12(13)15(18)19/h3-4,7-8H,1-2,5-6,9-11H2,(H,18,19). The number of hydrogen-bond donors (Lipinski definition) is 1. The Morgan fingerprint density at radius 3 is 2.40 bits per heavy atom. The topological polar surface area (TPSA) is 57.6 Å². The molecule has 20 heavy (non-hydrogen) atoms. The molecule has 1 aromatic rings. The average molecular weight is 293 g/mol. The number of amides is 1. The SMILES string of the molecule is O=C(O)c1ccccc1SCC(=O)N1CCCCCC1. The highest BCUT2D eigenvalue weighted by Crippen LogP contribution is 2.23. The quantitative estimate of drug-likeness (QED) is 0.867. The van der Waals surface area contributed by atoms with Gasteiger partial charge in [0, 0.05) is 18.0 Å². The molecule has 1 N–H and O–H groups in total. The van der Waals surface area contributed by atoms with E-state index in [1.165, 1.54) is 24.6 Å². The Balaban J connectivity index is 1.94. The van der Waals surface area contributed by atoms with Gasteiger partial charge in [-0.2, -0.15) is 0 Å². The minimum Gasteiger partial charge on any atom is -0.478 e. The van der Waals surface area contributed by atoms with E-state index < -0.39 is 5.97 Å². The first-order valence-electron chi connectivity index (χ1n) is 6.91. The number of carbonyl (C=O) groups excluding carboxylic acids is 1. The van der Waals surface area contributed by atoms with Gasteiger partial charge in [0.2, 0.25) is 5.91 Å². The molecule has 0 unspecified atom stereocenters. The van der Waals surface area contributed by atoms with Crippen molar-refractivity contribution in [3.8, 4) is 0 Å². The predicted molar refractivity (Wildman–Crippen MR) is 79.2 cm³/mol. The molecule has 1 amide bonds. The van der Waals surface area contributed by atoms with E-state index in [0.717, 1.165) is 25.9 Å². The summed E-state index contributed by atoms with van der Waals surface area (Å²) in [6, 6.07) is 6.82. The largest absolute Gasteiger partial charge is 0.478 e. The van der Waals surface area contributed by atoms with Crippen LogP contribution in [-0.2, 0) is 4.79 Å². The Hall–Kier alpha value is -1.49. The highest BCUT2D eigenvalue weighted by molar-refractivity contribution is 8.00. The zero-order valence-corrected chi connectivity index (χ0v) is 12.2. The predicted octanol–water partition coefficient (Wildman–Crippen LogP) is 2.88. The maximum atomic E-state index is 12.2. The lowest BCUT2D eigenvalue weighted by Gasteiger charge is -2.20. The van der Waals surface area contributed by atoms with Crippen LogP contribution in [0.5, 0.6) is 0 Å². The third-order valence-electron chi connectivity index (χ3n) is 3.43. The third-order valence-corrected chi connectivity index (χ3v) is 4.49. The van der Waals surface area contributed by atoms with Gasteiger partial charge in [-0.15, -0.1) is 11.8 Å². The van der Waals surface area contributed by atoms with Gasteiger partial charge in [-0.1, -0.05) is 25.0 Å². The molecule has 0 saturated carbocycles. The number of nitrogens with zero attached hydrogens (tertiary/aromatic N) is 1. The lowest BCUT2D eigenvalue weighted by atomic mass is 10.2. The molecule has 0 aromatic heterocycles. The van der Waals surface area contributed by atoms with E-state index >= 15 is 0 Å². The summed E-state index contributed by atoms with van der Waals surface area (Å²) >= 11 is 1.31. The first-order valence-corrected chi connectivity index (χ1v) is 7.90. The molecule has 1 heterocycles. The minimum atomic E-state index is -0.949. The van der Waals surface area contributed by atoms with E-state index in [1.807, 2.05) is 4.90 Å². The number of likely N-dealkylation sites (tertiary alicyclic amines) is 1. The zero-order valence-electron chi connectivity index (χ0n) is 11.4. The molecular weight excluding hydrogens is 274 g/mol. The van der Waals surface area contributed by atoms with Crippen LogP contribution in [0.3, 0.4) is 0 Å². The van der Waals surface area contributed by atoms with Crippen molar-refractivity contribution in [1.29, 1.82) is 0 Å². The highest BCUT2D eigenvalue weighted by atomic mass is 32.2. The molecule has 0 radical (unpaired) electrons. The molecule has 1 fully saturated rings. The van der Waals surface area contributed by atoms with E-state index in [4.69, 9.17) is 5.11 Å². The number of benzene rings is 1. The van der Waals surface area contributed by atoms with Crippen LogP contribution in [0.4, 0.5) is 0 Å². The molecule has 0 bridgehead atoms. The van der Waals surface area contributed by atoms with Crippen LogP contribution in [0, 0.1) is 0 Å². The highest BCUT2D eigenvalue weighted by Gasteiger charge is 2.17. The molecule has 0 spiro atoms. The van der Waals surface area contributed by atoms with Gasteiger partial charge in [0.05, 0.1) is 11.3 Å². The second-order valence-electron chi connectivity index (χ2n) is 4.88. The molecule has 0 atom stereocenters. The van der Waals surface area contributed by atoms with Crippen molar-refractivity contribution in [1.82, 2.24) is 4.90 Å². The van der Waals surface area contributed by atoms with Crippen molar-refractivity contribution in [2.45, 2.75) is 30.6 Å². The van der Waals surface area contributed by atoms with Crippen molar-refractivity contribution >= 4 is 23.6 Å². The fourth-order valence-corrected chi connectivity index (χ4v) is 3.27. The number of carboxylic acid groups (broad SMARTS) is 1. The van der Waals surface area contributed by atoms with E-state index in [2.05, 4.69) is 0 Å². The normalized spacial score (nSPS) is 15.7. The molecule has 1 saturated heterocycles. The van der Waals surface area contributed by atoms with Crippen LogP contribution in [-0.4, -0.2) is 40.7 Å². The number of hydrogen-bond acceptors (Lipinski definition) is 3. The number of carboxylic acids is 1. The van der Waals surface area contributed by atoms with Crippen molar-refractivity contribution < 1.29 is 14.7 Å². The smallest absolute Gasteiger partial charge is 0.336 e. The van der Waals surface area contributed by atoms with Crippen molar-refractivity contribution in [3.63, 3.8) is 0 Å². The molecule has 1 aliphatic rings. The summed E-state index contributed by atoms with van der Waals surface area (Å²) in [7, 11) is 0. The van der Waals surface area contributed by atoms with E-state index in [9.17, 15) is 9.59 Å². The zero-order chi connectivity index (χ0) is 14.4. The van der Waals surface area contributed by atoms with Crippen LogP contribution in [0.1, 0.15) is 36.0 Å². The number of thioether (sulfide) groups is 1. The van der Waals surface area contributed by atoms with Crippen molar-refractivity contribution in [2.75, 3.05) is 18.8 Å². The van der Waals surface area contributed by atoms with Crippen LogP contribution in [0.25, 0.3) is 0 Å². The second kappa shape index (κ2) is 7.33. The molecule has 0 aliphatic carbocycles. The Bertz CT molecular complexity index is 482. The average Bonchev–Trinajstić information content (AvgIpc) is 2.74. The summed E-state index contributed by atoms with van der Waals surface area (Å²) in [6.45, 7) is 1.67. The number of rotatable bonds is 4. The molecular formula is C15H19NO3S. The summed E-state index contributed by atoms with van der Waals surface area (Å²) in [5.74, 6) is -0.531. The second-order valence-corrected chi connectivity index (χ2v) is 5.90. The van der Waals surface area contributed by atoms with Gasteiger partial charge in [-0.3, -0.25) is 4.79 Å². The van der Waals surface area contributed by atoms with Crippen LogP contribution in [0.2, 0.25) is 0 Å². The van der Waals surface area contributed by atoms with E-state index in [1.54, 1.807) is 24.3 Å². The fraction of sp³-hybridized carbons (Fsp3) is 0.467. The Morgan fingerprint density at radius 1 is 1.10 bits per heavy atom. The Labute approximate surface area is 123 Å². The van der Waals surface area contributed by atoms with Gasteiger partial charge < -0.3 is 10.0 Å². The van der Waals surface area contributed by atoms with Crippen molar-refractivity contribution in [2.24, 2.45) is 0 Å². The van der Waals surface area contributed by atoms with Crippen LogP contribution >= 0.6 is 11.8 Å². The van der Waals surface area contributed by atoms with Gasteiger partial charge in [0.15, 0.2) is 0 Å². The number of carbonyl (C=O) groups is 2. The van der Waals surface area contributed by atoms with Gasteiger partial charge in [0.25, 0.3) is 0 Å². The maximum absolute atomic E-state index is 12.2. The van der Waals surface area contributed by atoms with Crippen molar-refractivity contribution in [3.05, 3.63) is 29.8 Å². The summed E-state index contributed by atoms with van der Waals surface area (Å²) in [4.78, 5) is 25.8. The lowest BCUT2D eigenvalue weighted by molar-refractivity contribution is -0.128. The third kappa shape index (κ3) is 4.00. The van der Waals surface area contributed by atoms with Gasteiger partial charge in [-0.05, 0) is 25.0 Å². The first-order chi connectivity index (χ1) is 9.68. The van der Waals surface area contributed by atoms with E-state index in [-0.39, 0.29) is 11.5 Å². The summed E-state index contributed by atoms with van der Waals surface area (Å²) < 4.78 is 0. The monoisotopic (exact) mass is 293 g/mol. The summed E-state index contributed by atoms with van der Waals surface area (Å²) in [5, 5.41) is 9.11. The maximum Gasteiger partial charge on any atom is 0.336 e. The molecule has 1 aliphatic heterocycles. The number of aromatic carboxylic acids is 1. The minimum absolute atomic E-state index is 0.108. The first kappa shape index (κ1) is 14.9. The van der Waals surface area contributed by atoms with Gasteiger partial charge >= 0.3 is 5.97 Å². The van der Waals surface area contributed by atoms with E-state index in [0.29, 0.717) is 10.6 Å². The van der Waals surface area contributed by atoms with Crippen LogP contribution in [0.15, 0.2) is 29.2 Å². The lowest BCUT2D eigenvalue weighted by Crippen LogP contribution is -2.33.